The van der Waals surface area contributed by atoms with Crippen LogP contribution in [0.5, 0.6) is 0 Å². The molecular weight excluding hydrogens is 223 g/mol. The average molecular weight is 235 g/mol. The van der Waals surface area contributed by atoms with Crippen molar-refractivity contribution in [2.45, 2.75) is 12.6 Å². The van der Waals surface area contributed by atoms with Crippen molar-refractivity contribution in [3.05, 3.63) is 0 Å². The Hall–Kier alpha value is -1.29. The maximum absolute atomic E-state index is 12.3. The Labute approximate surface area is 91.0 Å². The summed E-state index contributed by atoms with van der Waals surface area (Å²) >= 11 is 0. The molecule has 7 heteroatoms. The van der Waals surface area contributed by atoms with Crippen LogP contribution in [0.1, 0.15) is 6.42 Å². The summed E-state index contributed by atoms with van der Waals surface area (Å²) in [7, 11) is 0. The molecule has 1 aliphatic heterocycles. The second kappa shape index (κ2) is 5.16. The number of carbonyl (C=O) groups excluding carboxylic acids is 1. The lowest BCUT2D eigenvalue weighted by Crippen LogP contribution is -2.37. The van der Waals surface area contributed by atoms with Crippen LogP contribution < -0.4 is 5.32 Å². The van der Waals surface area contributed by atoms with Gasteiger partial charge in [-0.2, -0.15) is 18.4 Å². The molecule has 1 rings (SSSR count). The van der Waals surface area contributed by atoms with Gasteiger partial charge in [0.05, 0.1) is 6.07 Å². The van der Waals surface area contributed by atoms with E-state index in [-0.39, 0.29) is 25.4 Å². The lowest BCUT2D eigenvalue weighted by atomic mass is 10.1. The zero-order chi connectivity index (χ0) is 12.2. The second-order valence-corrected chi connectivity index (χ2v) is 3.62. The van der Waals surface area contributed by atoms with Crippen molar-refractivity contribution >= 4 is 5.91 Å². The molecule has 4 nitrogen and oxygen atoms in total. The third kappa shape index (κ3) is 3.70. The average Bonchev–Trinajstić information content (AvgIpc) is 2.38. The minimum Gasteiger partial charge on any atom is -0.355 e. The Bertz CT molecular complexity index is 297. The van der Waals surface area contributed by atoms with E-state index in [0.717, 1.165) is 0 Å². The standard InChI is InChI=1S/C9H12F3N3O/c10-9(11,12)7(5-13)6-15-3-1-8(16)14-2-4-15/h7H,1-4,6H2,(H,14,16). The topological polar surface area (TPSA) is 56.1 Å². The van der Waals surface area contributed by atoms with Crippen LogP contribution in [-0.2, 0) is 4.79 Å². The highest BCUT2D eigenvalue weighted by Gasteiger charge is 2.40. The number of nitrogens with zero attached hydrogens (tertiary/aromatic N) is 2. The number of alkyl halides is 3. The summed E-state index contributed by atoms with van der Waals surface area (Å²) in [6.07, 6.45) is -4.32. The molecule has 0 bridgehead atoms. The molecule has 0 aromatic carbocycles. The van der Waals surface area contributed by atoms with E-state index < -0.39 is 12.1 Å². The smallest absolute Gasteiger partial charge is 0.355 e. The fraction of sp³-hybridized carbons (Fsp3) is 0.778. The van der Waals surface area contributed by atoms with E-state index in [4.69, 9.17) is 5.26 Å². The first kappa shape index (κ1) is 12.8. The number of halogens is 3. The fourth-order valence-corrected chi connectivity index (χ4v) is 1.47. The van der Waals surface area contributed by atoms with Gasteiger partial charge in [0.25, 0.3) is 0 Å². The lowest BCUT2D eigenvalue weighted by molar-refractivity contribution is -0.163. The molecule has 0 aromatic heterocycles. The van der Waals surface area contributed by atoms with Gasteiger partial charge in [-0.3, -0.25) is 9.69 Å². The molecule has 90 valence electrons. The Morgan fingerprint density at radius 1 is 1.50 bits per heavy atom. The molecule has 1 heterocycles. The monoisotopic (exact) mass is 235 g/mol. The third-order valence-corrected chi connectivity index (χ3v) is 2.40. The van der Waals surface area contributed by atoms with Crippen LogP contribution in [0.2, 0.25) is 0 Å². The molecule has 0 saturated carbocycles. The Balaban J connectivity index is 2.52. The maximum Gasteiger partial charge on any atom is 0.405 e. The van der Waals surface area contributed by atoms with Crippen LogP contribution in [0.4, 0.5) is 13.2 Å². The molecule has 1 amide bonds. The highest BCUT2D eigenvalue weighted by atomic mass is 19.4. The molecule has 0 aromatic rings. The van der Waals surface area contributed by atoms with E-state index >= 15 is 0 Å². The summed E-state index contributed by atoms with van der Waals surface area (Å²) < 4.78 is 37.0. The van der Waals surface area contributed by atoms with Crippen molar-refractivity contribution < 1.29 is 18.0 Å². The van der Waals surface area contributed by atoms with Gasteiger partial charge in [-0.15, -0.1) is 0 Å². The number of nitrogens with one attached hydrogen (secondary N) is 1. The molecule has 1 saturated heterocycles. The van der Waals surface area contributed by atoms with Gasteiger partial charge in [-0.25, -0.2) is 0 Å². The molecule has 0 spiro atoms. The third-order valence-electron chi connectivity index (χ3n) is 2.40. The predicted octanol–water partition coefficient (Wildman–Crippen LogP) is 0.510. The fourth-order valence-electron chi connectivity index (χ4n) is 1.47. The Kier molecular flexibility index (Phi) is 4.12. The van der Waals surface area contributed by atoms with E-state index in [9.17, 15) is 18.0 Å². The summed E-state index contributed by atoms with van der Waals surface area (Å²) in [6.45, 7) is 0.573. The summed E-state index contributed by atoms with van der Waals surface area (Å²) in [5.74, 6) is -2.15. The summed E-state index contributed by atoms with van der Waals surface area (Å²) in [6, 6.07) is 1.25. The molecule has 1 N–H and O–H groups in total. The van der Waals surface area contributed by atoms with Crippen molar-refractivity contribution in [2.75, 3.05) is 26.2 Å². The Morgan fingerprint density at radius 2 is 2.19 bits per heavy atom. The van der Waals surface area contributed by atoms with Gasteiger partial charge in [0.1, 0.15) is 0 Å². The van der Waals surface area contributed by atoms with Gasteiger partial charge in [0.2, 0.25) is 5.91 Å². The van der Waals surface area contributed by atoms with Gasteiger partial charge in [-0.1, -0.05) is 0 Å². The molecule has 0 radical (unpaired) electrons. The highest BCUT2D eigenvalue weighted by molar-refractivity contribution is 5.76. The number of carbonyl (C=O) groups is 1. The quantitative estimate of drug-likeness (QED) is 0.758. The molecule has 16 heavy (non-hydrogen) atoms. The molecule has 1 fully saturated rings. The van der Waals surface area contributed by atoms with Gasteiger partial charge in [-0.05, 0) is 0 Å². The zero-order valence-corrected chi connectivity index (χ0v) is 8.55. The number of hydrogen-bond donors (Lipinski definition) is 1. The SMILES string of the molecule is N#CC(CN1CCNC(=O)CC1)C(F)(F)F. The highest BCUT2D eigenvalue weighted by Crippen LogP contribution is 2.26. The number of amides is 1. The summed E-state index contributed by atoms with van der Waals surface area (Å²) in [5.41, 5.74) is 0. The van der Waals surface area contributed by atoms with Gasteiger partial charge in [0.15, 0.2) is 5.92 Å². The molecule has 1 aliphatic rings. The zero-order valence-electron chi connectivity index (χ0n) is 8.55. The van der Waals surface area contributed by atoms with Crippen LogP contribution in [0.25, 0.3) is 0 Å². The van der Waals surface area contributed by atoms with Crippen LogP contribution in [0.3, 0.4) is 0 Å². The lowest BCUT2D eigenvalue weighted by Gasteiger charge is -2.23. The predicted molar refractivity (Wildman–Crippen MR) is 49.2 cm³/mol. The van der Waals surface area contributed by atoms with Crippen molar-refractivity contribution in [3.8, 4) is 6.07 Å². The number of hydrogen-bond acceptors (Lipinski definition) is 3. The van der Waals surface area contributed by atoms with Crippen LogP contribution in [0.15, 0.2) is 0 Å². The first-order chi connectivity index (χ1) is 7.43. The van der Waals surface area contributed by atoms with E-state index in [1.54, 1.807) is 0 Å². The van der Waals surface area contributed by atoms with E-state index in [0.29, 0.717) is 13.1 Å². The van der Waals surface area contributed by atoms with E-state index in [2.05, 4.69) is 5.32 Å². The Morgan fingerprint density at radius 3 is 2.75 bits per heavy atom. The van der Waals surface area contributed by atoms with Crippen molar-refractivity contribution in [1.29, 1.82) is 5.26 Å². The van der Waals surface area contributed by atoms with Crippen LogP contribution in [0, 0.1) is 17.2 Å². The largest absolute Gasteiger partial charge is 0.405 e. The van der Waals surface area contributed by atoms with Crippen LogP contribution in [-0.4, -0.2) is 43.2 Å². The second-order valence-electron chi connectivity index (χ2n) is 3.62. The molecular formula is C9H12F3N3O. The number of nitriles is 1. The van der Waals surface area contributed by atoms with Crippen molar-refractivity contribution in [3.63, 3.8) is 0 Å². The van der Waals surface area contributed by atoms with Crippen LogP contribution >= 0.6 is 0 Å². The maximum atomic E-state index is 12.3. The van der Waals surface area contributed by atoms with E-state index in [1.165, 1.54) is 11.0 Å². The minimum absolute atomic E-state index is 0.164. The molecule has 0 aliphatic carbocycles. The van der Waals surface area contributed by atoms with Gasteiger partial charge < -0.3 is 5.32 Å². The van der Waals surface area contributed by atoms with E-state index in [1.807, 2.05) is 0 Å². The molecule has 1 unspecified atom stereocenters. The first-order valence-electron chi connectivity index (χ1n) is 4.89. The van der Waals surface area contributed by atoms with Gasteiger partial charge >= 0.3 is 6.18 Å². The summed E-state index contributed by atoms with van der Waals surface area (Å²) in [4.78, 5) is 12.4. The van der Waals surface area contributed by atoms with Crippen molar-refractivity contribution in [2.24, 2.45) is 5.92 Å². The van der Waals surface area contributed by atoms with Gasteiger partial charge in [0, 0.05) is 32.6 Å². The minimum atomic E-state index is -4.50. The van der Waals surface area contributed by atoms with Crippen molar-refractivity contribution in [1.82, 2.24) is 10.2 Å². The summed E-state index contributed by atoms with van der Waals surface area (Å²) in [5, 5.41) is 11.0. The number of rotatable bonds is 2. The first-order valence-corrected chi connectivity index (χ1v) is 4.89. The molecule has 1 atom stereocenters. The normalized spacial score (nSPS) is 20.8.